The van der Waals surface area contributed by atoms with Crippen LogP contribution in [0.25, 0.3) is 0 Å². The average molecular weight is 306 g/mol. The van der Waals surface area contributed by atoms with Gasteiger partial charge in [-0.1, -0.05) is 12.1 Å². The van der Waals surface area contributed by atoms with Gasteiger partial charge in [0, 0.05) is 17.5 Å². The maximum Gasteiger partial charge on any atom is 0.140 e. The van der Waals surface area contributed by atoms with Crippen molar-refractivity contribution in [3.63, 3.8) is 0 Å². The third-order valence-electron chi connectivity index (χ3n) is 2.96. The molecule has 2 N–H and O–H groups in total. The average Bonchev–Trinajstić information content (AvgIpc) is 2.80. The highest BCUT2D eigenvalue weighted by Crippen LogP contribution is 2.29. The highest BCUT2D eigenvalue weighted by atomic mass is 32.1. The van der Waals surface area contributed by atoms with Crippen LogP contribution in [-0.4, -0.2) is 12.1 Å². The lowest BCUT2D eigenvalue weighted by Crippen LogP contribution is -2.28. The molecule has 0 fully saturated rings. The fraction of sp³-hybridized carbons (Fsp3) is 0.438. The van der Waals surface area contributed by atoms with Crippen molar-refractivity contribution >= 4 is 11.3 Å². The van der Waals surface area contributed by atoms with Gasteiger partial charge in [0.05, 0.1) is 12.3 Å². The first-order valence-corrected chi connectivity index (χ1v) is 7.68. The lowest BCUT2D eigenvalue weighted by atomic mass is 10.0. The summed E-state index contributed by atoms with van der Waals surface area (Å²) in [6, 6.07) is 7.99. The van der Waals surface area contributed by atoms with Crippen LogP contribution in [0.1, 0.15) is 35.0 Å². The number of nitrogens with two attached hydrogens (primary N) is 1. The summed E-state index contributed by atoms with van der Waals surface area (Å²) in [5.41, 5.74) is 7.86. The Balaban J connectivity index is 2.13. The Hall–Kier alpha value is -1.43. The van der Waals surface area contributed by atoms with Crippen molar-refractivity contribution in [3.8, 4) is 5.75 Å². The van der Waals surface area contributed by atoms with Gasteiger partial charge in [-0.2, -0.15) is 0 Å². The minimum absolute atomic E-state index is 0.423. The summed E-state index contributed by atoms with van der Waals surface area (Å²) in [5.74, 6) is 0.854. The number of thiazole rings is 1. The zero-order valence-electron chi connectivity index (χ0n) is 13.0. The number of nitrogens with zero attached hydrogens (tertiary/aromatic N) is 1. The molecule has 0 spiro atoms. The molecule has 0 radical (unpaired) electrons. The Labute approximate surface area is 129 Å². The topological polar surface area (TPSA) is 57.4 Å². The highest BCUT2D eigenvalue weighted by molar-refractivity contribution is 7.11. The van der Waals surface area contributed by atoms with Gasteiger partial charge in [-0.05, 0) is 38.5 Å². The van der Waals surface area contributed by atoms with Gasteiger partial charge in [0.25, 0.3) is 0 Å². The first-order valence-electron chi connectivity index (χ1n) is 6.86. The molecule has 21 heavy (non-hydrogen) atoms. The second-order valence-corrected chi connectivity index (χ2v) is 6.73. The molecule has 0 bridgehead atoms. The quantitative estimate of drug-likeness (QED) is 0.889. The van der Waals surface area contributed by atoms with E-state index in [4.69, 9.17) is 15.2 Å². The highest BCUT2D eigenvalue weighted by Gasteiger charge is 2.23. The molecular formula is C16H22N2O2S. The van der Waals surface area contributed by atoms with Gasteiger partial charge in [0.2, 0.25) is 0 Å². The number of aromatic nitrogens is 1. The summed E-state index contributed by atoms with van der Waals surface area (Å²) in [4.78, 5) is 5.64. The summed E-state index contributed by atoms with van der Waals surface area (Å²) < 4.78 is 11.0. The van der Waals surface area contributed by atoms with E-state index in [1.54, 1.807) is 18.4 Å². The summed E-state index contributed by atoms with van der Waals surface area (Å²) in [7, 11) is 1.66. The van der Waals surface area contributed by atoms with Crippen LogP contribution in [-0.2, 0) is 23.5 Å². The number of ether oxygens (including phenoxy) is 2. The fourth-order valence-electron chi connectivity index (χ4n) is 2.05. The zero-order chi connectivity index (χ0) is 15.5. The maximum absolute atomic E-state index is 6.20. The standard InChI is InChI=1S/C16H22N2O2S/c1-11-6-5-7-12(8-11)20-10-14-18-13(9-19-4)15(21-14)16(2,3)17/h5-8H,9-10,17H2,1-4H3. The van der Waals surface area contributed by atoms with Crippen LogP contribution in [0.15, 0.2) is 24.3 Å². The van der Waals surface area contributed by atoms with E-state index in [1.807, 2.05) is 45.0 Å². The van der Waals surface area contributed by atoms with Gasteiger partial charge in [-0.15, -0.1) is 11.3 Å². The van der Waals surface area contributed by atoms with Crippen LogP contribution in [0.2, 0.25) is 0 Å². The molecule has 0 saturated carbocycles. The molecule has 0 aliphatic carbocycles. The third-order valence-corrected chi connectivity index (χ3v) is 4.37. The van der Waals surface area contributed by atoms with Crippen molar-refractivity contribution in [3.05, 3.63) is 45.4 Å². The Morgan fingerprint density at radius 2 is 2.05 bits per heavy atom. The maximum atomic E-state index is 6.20. The predicted octanol–water partition coefficient (Wildman–Crippen LogP) is 3.37. The van der Waals surface area contributed by atoms with Crippen molar-refractivity contribution in [2.45, 2.75) is 39.5 Å². The van der Waals surface area contributed by atoms with Gasteiger partial charge >= 0.3 is 0 Å². The Morgan fingerprint density at radius 1 is 1.29 bits per heavy atom. The minimum Gasteiger partial charge on any atom is -0.486 e. The normalized spacial score (nSPS) is 11.7. The third kappa shape index (κ3) is 4.27. The van der Waals surface area contributed by atoms with Crippen molar-refractivity contribution in [1.29, 1.82) is 0 Å². The summed E-state index contributed by atoms with van der Waals surface area (Å²) in [6.45, 7) is 6.91. The zero-order valence-corrected chi connectivity index (χ0v) is 13.8. The molecule has 0 saturated heterocycles. The SMILES string of the molecule is COCc1nc(COc2cccc(C)c2)sc1C(C)(C)N. The number of methoxy groups -OCH3 is 1. The predicted molar refractivity (Wildman–Crippen MR) is 85.6 cm³/mol. The lowest BCUT2D eigenvalue weighted by molar-refractivity contribution is 0.180. The molecular weight excluding hydrogens is 284 g/mol. The van der Waals surface area contributed by atoms with Gasteiger partial charge in [-0.3, -0.25) is 0 Å². The molecule has 1 aromatic heterocycles. The Bertz CT molecular complexity index is 603. The summed E-state index contributed by atoms with van der Waals surface area (Å²) in [5, 5.41) is 0.914. The smallest absolute Gasteiger partial charge is 0.140 e. The largest absolute Gasteiger partial charge is 0.486 e. The molecule has 0 aliphatic rings. The van der Waals surface area contributed by atoms with Crippen LogP contribution in [0.5, 0.6) is 5.75 Å². The molecule has 2 aromatic rings. The van der Waals surface area contributed by atoms with E-state index >= 15 is 0 Å². The van der Waals surface area contributed by atoms with E-state index in [9.17, 15) is 0 Å². The van der Waals surface area contributed by atoms with E-state index in [1.165, 1.54) is 5.56 Å². The number of rotatable bonds is 6. The first-order chi connectivity index (χ1) is 9.90. The van der Waals surface area contributed by atoms with Gasteiger partial charge in [0.1, 0.15) is 17.4 Å². The number of hydrogen-bond donors (Lipinski definition) is 1. The Kier molecular flexibility index (Phi) is 4.98. The van der Waals surface area contributed by atoms with Crippen LogP contribution in [0.4, 0.5) is 0 Å². The molecule has 1 heterocycles. The van der Waals surface area contributed by atoms with E-state index < -0.39 is 5.54 Å². The van der Waals surface area contributed by atoms with Crippen molar-refractivity contribution in [1.82, 2.24) is 4.98 Å². The van der Waals surface area contributed by atoms with Gasteiger partial charge in [0.15, 0.2) is 0 Å². The molecule has 0 amide bonds. The van der Waals surface area contributed by atoms with Crippen LogP contribution in [0, 0.1) is 6.92 Å². The minimum atomic E-state index is -0.423. The van der Waals surface area contributed by atoms with E-state index in [-0.39, 0.29) is 0 Å². The number of hydrogen-bond acceptors (Lipinski definition) is 5. The second kappa shape index (κ2) is 6.56. The fourth-order valence-corrected chi connectivity index (χ4v) is 3.05. The van der Waals surface area contributed by atoms with Gasteiger partial charge in [-0.25, -0.2) is 4.98 Å². The number of benzene rings is 1. The molecule has 114 valence electrons. The second-order valence-electron chi connectivity index (χ2n) is 5.64. The number of aryl methyl sites for hydroxylation is 1. The Morgan fingerprint density at radius 3 is 2.67 bits per heavy atom. The molecule has 0 aliphatic heterocycles. The molecule has 0 unspecified atom stereocenters. The van der Waals surface area contributed by atoms with Crippen LogP contribution < -0.4 is 10.5 Å². The first kappa shape index (κ1) is 15.9. The molecule has 2 rings (SSSR count). The van der Waals surface area contributed by atoms with Crippen molar-refractivity contribution in [2.24, 2.45) is 5.73 Å². The van der Waals surface area contributed by atoms with Crippen LogP contribution >= 0.6 is 11.3 Å². The van der Waals surface area contributed by atoms with E-state index in [0.29, 0.717) is 13.2 Å². The summed E-state index contributed by atoms with van der Waals surface area (Å²) >= 11 is 1.59. The summed E-state index contributed by atoms with van der Waals surface area (Å²) in [6.07, 6.45) is 0. The molecule has 1 aromatic carbocycles. The van der Waals surface area contributed by atoms with E-state index in [2.05, 4.69) is 4.98 Å². The van der Waals surface area contributed by atoms with Gasteiger partial charge < -0.3 is 15.2 Å². The van der Waals surface area contributed by atoms with Crippen molar-refractivity contribution in [2.75, 3.05) is 7.11 Å². The van der Waals surface area contributed by atoms with Crippen molar-refractivity contribution < 1.29 is 9.47 Å². The monoisotopic (exact) mass is 306 g/mol. The molecule has 5 heteroatoms. The van der Waals surface area contributed by atoms with E-state index in [0.717, 1.165) is 21.3 Å². The molecule has 4 nitrogen and oxygen atoms in total. The molecule has 0 atom stereocenters. The van der Waals surface area contributed by atoms with Crippen LogP contribution in [0.3, 0.4) is 0 Å². The lowest BCUT2D eigenvalue weighted by Gasteiger charge is -2.17.